The highest BCUT2D eigenvalue weighted by molar-refractivity contribution is 5.97. The summed E-state index contributed by atoms with van der Waals surface area (Å²) in [5.74, 6) is 1.21. The van der Waals surface area contributed by atoms with E-state index in [1.807, 2.05) is 31.2 Å². The predicted octanol–water partition coefficient (Wildman–Crippen LogP) is 5.11. The van der Waals surface area contributed by atoms with Crippen molar-refractivity contribution >= 4 is 17.5 Å². The van der Waals surface area contributed by atoms with Gasteiger partial charge in [0.25, 0.3) is 0 Å². The molecule has 150 valence electrons. The predicted molar refractivity (Wildman–Crippen MR) is 112 cm³/mol. The van der Waals surface area contributed by atoms with Gasteiger partial charge in [-0.3, -0.25) is 9.59 Å². The molecule has 2 atom stereocenters. The maximum atomic E-state index is 12.9. The highest BCUT2D eigenvalue weighted by Crippen LogP contribution is 2.28. The third-order valence-electron chi connectivity index (χ3n) is 6.02. The fourth-order valence-corrected chi connectivity index (χ4v) is 3.67. The zero-order chi connectivity index (χ0) is 20.0. The summed E-state index contributed by atoms with van der Waals surface area (Å²) in [6.07, 6.45) is 4.89. The molecule has 0 aromatic heterocycles. The number of hydrogen-bond donors (Lipinski definition) is 2. The van der Waals surface area contributed by atoms with Crippen molar-refractivity contribution in [2.45, 2.75) is 78.7 Å². The zero-order valence-corrected chi connectivity index (χ0v) is 17.5. The lowest BCUT2D eigenvalue weighted by Gasteiger charge is -2.29. The first-order valence-corrected chi connectivity index (χ1v) is 10.5. The molecule has 0 aliphatic heterocycles. The quantitative estimate of drug-likeness (QED) is 0.699. The van der Waals surface area contributed by atoms with Gasteiger partial charge >= 0.3 is 0 Å². The van der Waals surface area contributed by atoms with E-state index in [1.165, 1.54) is 5.56 Å². The maximum absolute atomic E-state index is 12.9. The van der Waals surface area contributed by atoms with Gasteiger partial charge in [-0.05, 0) is 61.1 Å². The Morgan fingerprint density at radius 2 is 1.63 bits per heavy atom. The maximum Gasteiger partial charge on any atom is 0.247 e. The molecule has 2 rings (SSSR count). The van der Waals surface area contributed by atoms with E-state index in [-0.39, 0.29) is 23.7 Å². The summed E-state index contributed by atoms with van der Waals surface area (Å²) in [5, 5.41) is 6.04. The van der Waals surface area contributed by atoms with E-state index >= 15 is 0 Å². The molecule has 0 saturated heterocycles. The zero-order valence-electron chi connectivity index (χ0n) is 17.5. The molecule has 0 spiro atoms. The first-order chi connectivity index (χ1) is 12.8. The van der Waals surface area contributed by atoms with Crippen LogP contribution in [0.3, 0.4) is 0 Å². The second kappa shape index (κ2) is 9.91. The fraction of sp³-hybridized carbons (Fsp3) is 0.652. The molecule has 0 radical (unpaired) electrons. The van der Waals surface area contributed by atoms with Gasteiger partial charge in [0.1, 0.15) is 6.04 Å². The molecular weight excluding hydrogens is 336 g/mol. The average Bonchev–Trinajstić information content (AvgIpc) is 2.66. The van der Waals surface area contributed by atoms with E-state index in [9.17, 15) is 9.59 Å². The van der Waals surface area contributed by atoms with Crippen molar-refractivity contribution in [1.82, 2.24) is 5.32 Å². The molecule has 27 heavy (non-hydrogen) atoms. The van der Waals surface area contributed by atoms with Crippen molar-refractivity contribution in [2.24, 2.45) is 17.8 Å². The third-order valence-corrected chi connectivity index (χ3v) is 6.02. The molecule has 4 heteroatoms. The molecule has 1 aromatic carbocycles. The molecule has 4 nitrogen and oxygen atoms in total. The van der Waals surface area contributed by atoms with Gasteiger partial charge in [0.2, 0.25) is 11.8 Å². The molecule has 1 aromatic rings. The van der Waals surface area contributed by atoms with Crippen molar-refractivity contribution in [3.05, 3.63) is 29.8 Å². The van der Waals surface area contributed by atoms with Crippen LogP contribution in [-0.2, 0) is 9.59 Å². The fourth-order valence-electron chi connectivity index (χ4n) is 3.67. The van der Waals surface area contributed by atoms with Gasteiger partial charge in [0.05, 0.1) is 0 Å². The van der Waals surface area contributed by atoms with Crippen molar-refractivity contribution in [3.8, 4) is 0 Å². The summed E-state index contributed by atoms with van der Waals surface area (Å²) in [6, 6.07) is 7.46. The summed E-state index contributed by atoms with van der Waals surface area (Å²) in [6.45, 7) is 10.6. The second-order valence-corrected chi connectivity index (χ2v) is 8.59. The Morgan fingerprint density at radius 1 is 1.04 bits per heavy atom. The van der Waals surface area contributed by atoms with Crippen LogP contribution in [0.25, 0.3) is 0 Å². The van der Waals surface area contributed by atoms with Crippen molar-refractivity contribution in [3.63, 3.8) is 0 Å². The van der Waals surface area contributed by atoms with Crippen molar-refractivity contribution in [2.75, 3.05) is 5.32 Å². The summed E-state index contributed by atoms with van der Waals surface area (Å²) in [5.41, 5.74) is 2.02. The molecule has 0 heterocycles. The van der Waals surface area contributed by atoms with Crippen LogP contribution < -0.4 is 10.6 Å². The lowest BCUT2D eigenvalue weighted by molar-refractivity contribution is -0.131. The van der Waals surface area contributed by atoms with Crippen LogP contribution in [0.15, 0.2) is 24.3 Å². The van der Waals surface area contributed by atoms with Crippen molar-refractivity contribution in [1.29, 1.82) is 0 Å². The van der Waals surface area contributed by atoms with Crippen molar-refractivity contribution < 1.29 is 9.59 Å². The molecule has 0 unspecified atom stereocenters. The van der Waals surface area contributed by atoms with Gasteiger partial charge in [-0.15, -0.1) is 0 Å². The number of carbonyl (C=O) groups is 2. The van der Waals surface area contributed by atoms with Gasteiger partial charge in [-0.2, -0.15) is 0 Å². The summed E-state index contributed by atoms with van der Waals surface area (Å²) < 4.78 is 0. The van der Waals surface area contributed by atoms with Crippen LogP contribution >= 0.6 is 0 Å². The lowest BCUT2D eigenvalue weighted by atomic mass is 9.82. The van der Waals surface area contributed by atoms with E-state index in [2.05, 4.69) is 38.3 Å². The summed E-state index contributed by atoms with van der Waals surface area (Å²) in [4.78, 5) is 25.6. The normalized spacial score (nSPS) is 22.1. The monoisotopic (exact) mass is 372 g/mol. The van der Waals surface area contributed by atoms with Gasteiger partial charge < -0.3 is 10.6 Å². The summed E-state index contributed by atoms with van der Waals surface area (Å²) in [7, 11) is 0. The van der Waals surface area contributed by atoms with Gasteiger partial charge in [0.15, 0.2) is 0 Å². The Labute approximate surface area is 164 Å². The number of benzene rings is 1. The summed E-state index contributed by atoms with van der Waals surface area (Å²) >= 11 is 0. The SMILES string of the molecule is CC[C@H](C)[C@@H](NC(=O)C1CCC(C)CC1)C(=O)Nc1ccc(C(C)C)cc1. The Kier molecular flexibility index (Phi) is 7.88. The number of carbonyl (C=O) groups excluding carboxylic acids is 2. The topological polar surface area (TPSA) is 58.2 Å². The van der Waals surface area contributed by atoms with Gasteiger partial charge in [-0.1, -0.05) is 53.2 Å². The number of anilines is 1. The number of rotatable bonds is 7. The van der Waals surface area contributed by atoms with Gasteiger partial charge in [-0.25, -0.2) is 0 Å². The standard InChI is InChI=1S/C23H36N2O2/c1-6-17(5)21(25-22(26)19-9-7-16(4)8-10-19)23(27)24-20-13-11-18(12-14-20)15(2)3/h11-17,19,21H,6-10H2,1-5H3,(H,24,27)(H,25,26)/t16?,17-,19?,21+/m0/s1. The minimum atomic E-state index is -0.494. The number of amides is 2. The third kappa shape index (κ3) is 6.08. The van der Waals surface area contributed by atoms with E-state index in [0.29, 0.717) is 11.8 Å². The van der Waals surface area contributed by atoms with E-state index in [1.54, 1.807) is 0 Å². The smallest absolute Gasteiger partial charge is 0.247 e. The average molecular weight is 373 g/mol. The van der Waals surface area contributed by atoms with Crippen LogP contribution in [-0.4, -0.2) is 17.9 Å². The number of nitrogens with one attached hydrogen (secondary N) is 2. The number of hydrogen-bond acceptors (Lipinski definition) is 2. The van der Waals surface area contributed by atoms with Crippen LogP contribution in [0, 0.1) is 17.8 Å². The minimum Gasteiger partial charge on any atom is -0.344 e. The van der Waals surface area contributed by atoms with Crippen LogP contribution in [0.2, 0.25) is 0 Å². The highest BCUT2D eigenvalue weighted by Gasteiger charge is 2.30. The first-order valence-electron chi connectivity index (χ1n) is 10.5. The minimum absolute atomic E-state index is 0.0394. The van der Waals surface area contributed by atoms with E-state index in [4.69, 9.17) is 0 Å². The molecule has 2 N–H and O–H groups in total. The largest absolute Gasteiger partial charge is 0.344 e. The highest BCUT2D eigenvalue weighted by atomic mass is 16.2. The Balaban J connectivity index is 2.01. The Hall–Kier alpha value is -1.84. The lowest BCUT2D eigenvalue weighted by Crippen LogP contribution is -2.49. The van der Waals surface area contributed by atoms with Crippen LogP contribution in [0.1, 0.15) is 78.2 Å². The van der Waals surface area contributed by atoms with Gasteiger partial charge in [0, 0.05) is 11.6 Å². The first kappa shape index (κ1) is 21.5. The van der Waals surface area contributed by atoms with E-state index < -0.39 is 6.04 Å². The van der Waals surface area contributed by atoms with E-state index in [0.717, 1.165) is 37.8 Å². The molecule has 2 amide bonds. The molecule has 1 fully saturated rings. The van der Waals surface area contributed by atoms with Crippen LogP contribution in [0.5, 0.6) is 0 Å². The molecule has 1 saturated carbocycles. The second-order valence-electron chi connectivity index (χ2n) is 8.59. The molecular formula is C23H36N2O2. The molecule has 1 aliphatic rings. The Morgan fingerprint density at radius 3 is 2.15 bits per heavy atom. The molecule has 1 aliphatic carbocycles. The van der Waals surface area contributed by atoms with Crippen LogP contribution in [0.4, 0.5) is 5.69 Å². The molecule has 0 bridgehead atoms. The Bertz CT molecular complexity index is 616.